The Morgan fingerprint density at radius 2 is 1.74 bits per heavy atom. The van der Waals surface area contributed by atoms with E-state index in [1.54, 1.807) is 0 Å². The van der Waals surface area contributed by atoms with E-state index >= 15 is 0 Å². The number of likely N-dealkylation sites (tertiary alicyclic amines) is 1. The maximum Gasteiger partial charge on any atom is 0.161 e. The van der Waals surface area contributed by atoms with Crippen LogP contribution < -0.4 is 0 Å². The first-order valence-corrected chi connectivity index (χ1v) is 6.69. The highest BCUT2D eigenvalue weighted by atomic mass is 15.5. The first-order chi connectivity index (χ1) is 9.22. The van der Waals surface area contributed by atoms with E-state index in [1.807, 2.05) is 11.7 Å². The molecule has 0 atom stereocenters. The van der Waals surface area contributed by atoms with Crippen LogP contribution in [0.25, 0.3) is 0 Å². The van der Waals surface area contributed by atoms with E-state index in [4.69, 9.17) is 0 Å². The fourth-order valence-corrected chi connectivity index (χ4v) is 3.03. The molecule has 0 N–H and O–H groups in total. The van der Waals surface area contributed by atoms with Gasteiger partial charge < -0.3 is 4.90 Å². The monoisotopic (exact) mass is 257 g/mol. The maximum absolute atomic E-state index is 4.30. The molecule has 2 aromatic rings. The van der Waals surface area contributed by atoms with Crippen LogP contribution in [0, 0.1) is 0 Å². The fourth-order valence-electron chi connectivity index (χ4n) is 3.03. The highest BCUT2D eigenvalue weighted by molar-refractivity contribution is 5.33. The Labute approximate surface area is 113 Å². The van der Waals surface area contributed by atoms with Gasteiger partial charge in [-0.3, -0.25) is 0 Å². The second-order valence-electron chi connectivity index (χ2n) is 5.38. The molecular formula is C14H19N5. The number of aromatic nitrogens is 4. The molecule has 0 unspecified atom stereocenters. The molecule has 1 fully saturated rings. The predicted molar refractivity (Wildman–Crippen MR) is 72.8 cm³/mol. The van der Waals surface area contributed by atoms with Gasteiger partial charge >= 0.3 is 0 Å². The molecule has 1 aliphatic rings. The summed E-state index contributed by atoms with van der Waals surface area (Å²) in [6.45, 7) is 2.14. The number of tetrazole rings is 1. The second kappa shape index (κ2) is 4.74. The minimum atomic E-state index is -0.0496. The summed E-state index contributed by atoms with van der Waals surface area (Å²) in [5, 5.41) is 12.2. The topological polar surface area (TPSA) is 46.8 Å². The number of hydrogen-bond acceptors (Lipinski definition) is 4. The van der Waals surface area contributed by atoms with Crippen molar-refractivity contribution in [2.75, 3.05) is 20.1 Å². The molecule has 0 radical (unpaired) electrons. The maximum atomic E-state index is 4.30. The quantitative estimate of drug-likeness (QED) is 0.811. The van der Waals surface area contributed by atoms with E-state index in [2.05, 4.69) is 57.8 Å². The second-order valence-corrected chi connectivity index (χ2v) is 5.38. The average molecular weight is 257 g/mol. The van der Waals surface area contributed by atoms with Gasteiger partial charge in [0.2, 0.25) is 0 Å². The Balaban J connectivity index is 2.09. The smallest absolute Gasteiger partial charge is 0.161 e. The van der Waals surface area contributed by atoms with Crippen LogP contribution >= 0.6 is 0 Å². The summed E-state index contributed by atoms with van der Waals surface area (Å²) in [4.78, 5) is 2.37. The molecule has 3 rings (SSSR count). The van der Waals surface area contributed by atoms with Gasteiger partial charge in [0.1, 0.15) is 0 Å². The van der Waals surface area contributed by atoms with Crippen molar-refractivity contribution in [3.8, 4) is 0 Å². The summed E-state index contributed by atoms with van der Waals surface area (Å²) in [6.07, 6.45) is 2.11. The third-order valence-corrected chi connectivity index (χ3v) is 4.22. The van der Waals surface area contributed by atoms with Gasteiger partial charge in [0, 0.05) is 7.05 Å². The van der Waals surface area contributed by atoms with E-state index in [9.17, 15) is 0 Å². The summed E-state index contributed by atoms with van der Waals surface area (Å²) in [5.74, 6) is 0.979. The number of benzene rings is 1. The molecule has 1 aliphatic heterocycles. The zero-order chi connectivity index (χ0) is 13.3. The molecule has 1 aromatic heterocycles. The van der Waals surface area contributed by atoms with E-state index in [1.165, 1.54) is 5.56 Å². The summed E-state index contributed by atoms with van der Waals surface area (Å²) >= 11 is 0. The third kappa shape index (κ3) is 2.04. The number of nitrogens with zero attached hydrogens (tertiary/aromatic N) is 5. The minimum absolute atomic E-state index is 0.0496. The van der Waals surface area contributed by atoms with Crippen LogP contribution in [0.2, 0.25) is 0 Å². The van der Waals surface area contributed by atoms with Crippen molar-refractivity contribution in [2.45, 2.75) is 18.3 Å². The molecule has 2 heterocycles. The van der Waals surface area contributed by atoms with Crippen molar-refractivity contribution in [1.29, 1.82) is 0 Å². The number of rotatable bonds is 2. The lowest BCUT2D eigenvalue weighted by Crippen LogP contribution is -2.43. The average Bonchev–Trinajstić information content (AvgIpc) is 2.88. The van der Waals surface area contributed by atoms with Crippen molar-refractivity contribution in [3.63, 3.8) is 0 Å². The van der Waals surface area contributed by atoms with Crippen molar-refractivity contribution < 1.29 is 0 Å². The Bertz CT molecular complexity index is 540. The lowest BCUT2D eigenvalue weighted by atomic mass is 9.72. The van der Waals surface area contributed by atoms with Crippen molar-refractivity contribution >= 4 is 0 Å². The van der Waals surface area contributed by atoms with Crippen LogP contribution in [0.5, 0.6) is 0 Å². The van der Waals surface area contributed by atoms with Crippen LogP contribution in [0.4, 0.5) is 0 Å². The Morgan fingerprint density at radius 3 is 2.32 bits per heavy atom. The SMILES string of the molecule is CN1CCC(c2ccccc2)(c2nnnn2C)CC1. The Morgan fingerprint density at radius 1 is 1.05 bits per heavy atom. The fraction of sp³-hybridized carbons (Fsp3) is 0.500. The van der Waals surface area contributed by atoms with Gasteiger partial charge in [-0.05, 0) is 49.0 Å². The highest BCUT2D eigenvalue weighted by Crippen LogP contribution is 2.39. The van der Waals surface area contributed by atoms with Gasteiger partial charge in [-0.1, -0.05) is 30.3 Å². The first-order valence-electron chi connectivity index (χ1n) is 6.69. The zero-order valence-electron chi connectivity index (χ0n) is 11.5. The molecule has 100 valence electrons. The lowest BCUT2D eigenvalue weighted by Gasteiger charge is -2.39. The largest absolute Gasteiger partial charge is 0.306 e. The molecule has 19 heavy (non-hydrogen) atoms. The van der Waals surface area contributed by atoms with Gasteiger partial charge in [-0.25, -0.2) is 4.68 Å². The number of piperidine rings is 1. The van der Waals surface area contributed by atoms with Crippen LogP contribution in [-0.4, -0.2) is 45.2 Å². The van der Waals surface area contributed by atoms with Gasteiger partial charge in [0.05, 0.1) is 5.41 Å². The number of aryl methyl sites for hydroxylation is 1. The van der Waals surface area contributed by atoms with E-state index in [-0.39, 0.29) is 5.41 Å². The van der Waals surface area contributed by atoms with Gasteiger partial charge in [-0.2, -0.15) is 0 Å². The molecule has 1 saturated heterocycles. The van der Waals surface area contributed by atoms with Gasteiger partial charge in [0.15, 0.2) is 5.82 Å². The predicted octanol–water partition coefficient (Wildman–Crippen LogP) is 1.22. The van der Waals surface area contributed by atoms with Crippen LogP contribution in [0.3, 0.4) is 0 Å². The molecule has 0 spiro atoms. The normalized spacial score (nSPS) is 19.5. The van der Waals surface area contributed by atoms with Crippen LogP contribution in [0.1, 0.15) is 24.2 Å². The van der Waals surface area contributed by atoms with E-state index < -0.39 is 0 Å². The first kappa shape index (κ1) is 12.3. The molecule has 0 bridgehead atoms. The minimum Gasteiger partial charge on any atom is -0.306 e. The molecule has 5 nitrogen and oxygen atoms in total. The lowest BCUT2D eigenvalue weighted by molar-refractivity contribution is 0.203. The summed E-state index contributed by atoms with van der Waals surface area (Å²) in [7, 11) is 4.10. The molecular weight excluding hydrogens is 238 g/mol. The van der Waals surface area contributed by atoms with E-state index in [0.717, 1.165) is 31.8 Å². The van der Waals surface area contributed by atoms with Crippen molar-refractivity contribution in [2.24, 2.45) is 7.05 Å². The highest BCUT2D eigenvalue weighted by Gasteiger charge is 2.41. The summed E-state index contributed by atoms with van der Waals surface area (Å²) < 4.78 is 1.82. The molecule has 1 aromatic carbocycles. The summed E-state index contributed by atoms with van der Waals surface area (Å²) in [5.41, 5.74) is 1.27. The van der Waals surface area contributed by atoms with Gasteiger partial charge in [-0.15, -0.1) is 5.10 Å². The van der Waals surface area contributed by atoms with Crippen molar-refractivity contribution in [1.82, 2.24) is 25.1 Å². The Kier molecular flexibility index (Phi) is 3.06. The molecule has 0 amide bonds. The van der Waals surface area contributed by atoms with Gasteiger partial charge in [0.25, 0.3) is 0 Å². The zero-order valence-corrected chi connectivity index (χ0v) is 11.5. The van der Waals surface area contributed by atoms with Crippen LogP contribution in [0.15, 0.2) is 30.3 Å². The van der Waals surface area contributed by atoms with Crippen molar-refractivity contribution in [3.05, 3.63) is 41.7 Å². The Hall–Kier alpha value is -1.75. The molecule has 0 saturated carbocycles. The standard InChI is InChI=1S/C14H19N5/c1-18-10-8-14(9-11-18,12-6-4-3-5-7-12)13-15-16-17-19(13)2/h3-7H,8-11H2,1-2H3. The molecule has 0 aliphatic carbocycles. The van der Waals surface area contributed by atoms with Crippen LogP contribution in [-0.2, 0) is 12.5 Å². The van der Waals surface area contributed by atoms with E-state index in [0.29, 0.717) is 0 Å². The molecule has 5 heteroatoms. The third-order valence-electron chi connectivity index (χ3n) is 4.22. The number of hydrogen-bond donors (Lipinski definition) is 0. The summed E-state index contributed by atoms with van der Waals surface area (Å²) in [6, 6.07) is 10.6.